The minimum atomic E-state index is -0.254. The summed E-state index contributed by atoms with van der Waals surface area (Å²) >= 11 is 0. The minimum Gasteiger partial charge on any atom is -0.256 e. The van der Waals surface area contributed by atoms with Gasteiger partial charge in [-0.15, -0.1) is 0 Å². The van der Waals surface area contributed by atoms with Crippen molar-refractivity contribution in [3.05, 3.63) is 42.3 Å². The zero-order chi connectivity index (χ0) is 7.68. The molecule has 53 valence electrons. The average molecular weight is 146 g/mol. The number of aromatic nitrogens is 1. The van der Waals surface area contributed by atoms with E-state index in [0.29, 0.717) is 5.52 Å². The van der Waals surface area contributed by atoms with Crippen LogP contribution in [-0.2, 0) is 0 Å². The molecule has 1 heterocycles. The van der Waals surface area contributed by atoms with Crippen LogP contribution in [0.5, 0.6) is 0 Å². The van der Waals surface area contributed by atoms with E-state index in [1.54, 1.807) is 12.1 Å². The zero-order valence-electron chi connectivity index (χ0n) is 5.71. The first-order chi connectivity index (χ1) is 5.36. The highest BCUT2D eigenvalue weighted by Crippen LogP contribution is 2.10. The van der Waals surface area contributed by atoms with Crippen LogP contribution < -0.4 is 0 Å². The van der Waals surface area contributed by atoms with Gasteiger partial charge in [0.2, 0.25) is 0 Å². The number of rotatable bonds is 0. The molecule has 11 heavy (non-hydrogen) atoms. The Kier molecular flexibility index (Phi) is 1.32. The molecule has 0 fully saturated rings. The van der Waals surface area contributed by atoms with Crippen molar-refractivity contribution in [2.45, 2.75) is 0 Å². The largest absolute Gasteiger partial charge is 0.256 e. The normalized spacial score (nSPS) is 10.3. The third-order valence-electron chi connectivity index (χ3n) is 1.51. The van der Waals surface area contributed by atoms with Crippen molar-refractivity contribution in [2.24, 2.45) is 0 Å². The summed E-state index contributed by atoms with van der Waals surface area (Å²) in [4.78, 5) is 3.95. The highest BCUT2D eigenvalue weighted by molar-refractivity contribution is 5.77. The predicted molar refractivity (Wildman–Crippen MR) is 40.5 cm³/mol. The van der Waals surface area contributed by atoms with Gasteiger partial charge in [0.1, 0.15) is 5.82 Å². The van der Waals surface area contributed by atoms with Gasteiger partial charge in [0.05, 0.1) is 5.52 Å². The summed E-state index contributed by atoms with van der Waals surface area (Å²) < 4.78 is 12.6. The third-order valence-corrected chi connectivity index (χ3v) is 1.51. The Labute approximate surface area is 63.5 Å². The number of hydrogen-bond donors (Lipinski definition) is 0. The van der Waals surface area contributed by atoms with Gasteiger partial charge in [-0.25, -0.2) is 4.39 Å². The first kappa shape index (κ1) is 6.28. The van der Waals surface area contributed by atoms with Crippen LogP contribution in [0.4, 0.5) is 4.39 Å². The fraction of sp³-hybridized carbons (Fsp3) is 0. The molecule has 1 nitrogen and oxygen atoms in total. The van der Waals surface area contributed by atoms with Crippen LogP contribution in [0, 0.1) is 11.9 Å². The molecule has 0 bridgehead atoms. The molecule has 0 saturated heterocycles. The SMILES string of the molecule is Fc1ccc2c[c]cnc2c1. The van der Waals surface area contributed by atoms with Crippen molar-refractivity contribution in [1.29, 1.82) is 0 Å². The van der Waals surface area contributed by atoms with Crippen molar-refractivity contribution in [2.75, 3.05) is 0 Å². The standard InChI is InChI=1S/C9H5FN/c10-8-4-3-7-2-1-5-11-9(7)6-8/h2-6H. The smallest absolute Gasteiger partial charge is 0.125 e. The molecule has 0 saturated carbocycles. The van der Waals surface area contributed by atoms with E-state index in [2.05, 4.69) is 11.1 Å². The molecule has 0 amide bonds. The molecule has 0 aliphatic heterocycles. The van der Waals surface area contributed by atoms with Crippen molar-refractivity contribution in [1.82, 2.24) is 4.98 Å². The number of hydrogen-bond acceptors (Lipinski definition) is 1. The zero-order valence-corrected chi connectivity index (χ0v) is 5.71. The van der Waals surface area contributed by atoms with Crippen molar-refractivity contribution < 1.29 is 4.39 Å². The van der Waals surface area contributed by atoms with E-state index in [9.17, 15) is 4.39 Å². The fourth-order valence-corrected chi connectivity index (χ4v) is 0.985. The van der Waals surface area contributed by atoms with Gasteiger partial charge >= 0.3 is 0 Å². The summed E-state index contributed by atoms with van der Waals surface area (Å²) in [5, 5.41) is 0.911. The van der Waals surface area contributed by atoms with Gasteiger partial charge in [-0.3, -0.25) is 4.98 Å². The maximum atomic E-state index is 12.6. The number of fused-ring (bicyclic) bond motifs is 1. The van der Waals surface area contributed by atoms with Gasteiger partial charge in [0, 0.05) is 23.7 Å². The lowest BCUT2D eigenvalue weighted by Gasteiger charge is -1.93. The number of nitrogens with zero attached hydrogens (tertiary/aromatic N) is 1. The van der Waals surface area contributed by atoms with E-state index in [-0.39, 0.29) is 5.82 Å². The maximum absolute atomic E-state index is 12.6. The highest BCUT2D eigenvalue weighted by Gasteiger charge is 1.93. The summed E-state index contributed by atoms with van der Waals surface area (Å²) in [7, 11) is 0. The molecule has 1 radical (unpaired) electrons. The number of benzene rings is 1. The summed E-state index contributed by atoms with van der Waals surface area (Å²) in [6, 6.07) is 9.11. The summed E-state index contributed by atoms with van der Waals surface area (Å²) in [5.41, 5.74) is 0.670. The van der Waals surface area contributed by atoms with Crippen LogP contribution in [0.3, 0.4) is 0 Å². The Morgan fingerprint density at radius 1 is 1.36 bits per heavy atom. The van der Waals surface area contributed by atoms with Crippen LogP contribution in [0.1, 0.15) is 0 Å². The molecule has 1 aromatic heterocycles. The number of halogens is 1. The van der Waals surface area contributed by atoms with Crippen molar-refractivity contribution >= 4 is 10.9 Å². The van der Waals surface area contributed by atoms with Gasteiger partial charge in [0.25, 0.3) is 0 Å². The maximum Gasteiger partial charge on any atom is 0.125 e. The molecule has 2 rings (SSSR count). The second-order valence-corrected chi connectivity index (χ2v) is 2.27. The topological polar surface area (TPSA) is 12.9 Å². The first-order valence-corrected chi connectivity index (χ1v) is 3.27. The van der Waals surface area contributed by atoms with E-state index in [1.165, 1.54) is 18.3 Å². The predicted octanol–water partition coefficient (Wildman–Crippen LogP) is 2.17. The Morgan fingerprint density at radius 3 is 3.18 bits per heavy atom. The molecule has 1 aromatic carbocycles. The van der Waals surface area contributed by atoms with Gasteiger partial charge in [-0.1, -0.05) is 0 Å². The molecular formula is C9H5FN. The Bertz CT molecular complexity index is 384. The van der Waals surface area contributed by atoms with Crippen LogP contribution in [-0.4, -0.2) is 4.98 Å². The number of pyridine rings is 1. The lowest BCUT2D eigenvalue weighted by molar-refractivity contribution is 0.629. The molecule has 0 spiro atoms. The van der Waals surface area contributed by atoms with E-state index in [1.807, 2.05) is 0 Å². The minimum absolute atomic E-state index is 0.254. The Hall–Kier alpha value is -1.44. The van der Waals surface area contributed by atoms with Crippen LogP contribution >= 0.6 is 0 Å². The van der Waals surface area contributed by atoms with Gasteiger partial charge in [0.15, 0.2) is 0 Å². The molecule has 0 aliphatic rings. The average Bonchev–Trinajstić information content (AvgIpc) is 2.04. The summed E-state index contributed by atoms with van der Waals surface area (Å²) in [5.74, 6) is -0.254. The molecule has 0 N–H and O–H groups in total. The van der Waals surface area contributed by atoms with Crippen LogP contribution in [0.2, 0.25) is 0 Å². The summed E-state index contributed by atoms with van der Waals surface area (Å²) in [6.07, 6.45) is 1.53. The second kappa shape index (κ2) is 2.31. The highest BCUT2D eigenvalue weighted by atomic mass is 19.1. The van der Waals surface area contributed by atoms with Crippen molar-refractivity contribution in [3.63, 3.8) is 0 Å². The van der Waals surface area contributed by atoms with E-state index >= 15 is 0 Å². The second-order valence-electron chi connectivity index (χ2n) is 2.27. The lowest BCUT2D eigenvalue weighted by atomic mass is 10.2. The third kappa shape index (κ3) is 1.07. The van der Waals surface area contributed by atoms with E-state index < -0.39 is 0 Å². The van der Waals surface area contributed by atoms with Crippen molar-refractivity contribution in [3.8, 4) is 0 Å². The first-order valence-electron chi connectivity index (χ1n) is 3.27. The fourth-order valence-electron chi connectivity index (χ4n) is 0.985. The van der Waals surface area contributed by atoms with E-state index in [0.717, 1.165) is 5.39 Å². The van der Waals surface area contributed by atoms with Gasteiger partial charge in [-0.2, -0.15) is 0 Å². The quantitative estimate of drug-likeness (QED) is 0.555. The van der Waals surface area contributed by atoms with Gasteiger partial charge < -0.3 is 0 Å². The summed E-state index contributed by atoms with van der Waals surface area (Å²) in [6.45, 7) is 0. The molecule has 2 aromatic rings. The molecule has 0 aliphatic carbocycles. The van der Waals surface area contributed by atoms with E-state index in [4.69, 9.17) is 0 Å². The molecular weight excluding hydrogens is 141 g/mol. The lowest BCUT2D eigenvalue weighted by Crippen LogP contribution is -1.78. The molecule has 2 heteroatoms. The van der Waals surface area contributed by atoms with Gasteiger partial charge in [-0.05, 0) is 18.2 Å². The monoisotopic (exact) mass is 146 g/mol. The Balaban J connectivity index is 2.83. The molecule has 0 unspecified atom stereocenters. The molecule has 0 atom stereocenters. The van der Waals surface area contributed by atoms with Crippen LogP contribution in [0.15, 0.2) is 30.5 Å². The van der Waals surface area contributed by atoms with Crippen LogP contribution in [0.25, 0.3) is 10.9 Å². The Morgan fingerprint density at radius 2 is 2.27 bits per heavy atom.